The lowest BCUT2D eigenvalue weighted by Gasteiger charge is -2.15. The minimum atomic E-state index is -2.05. The maximum absolute atomic E-state index is 11.6. The van der Waals surface area contributed by atoms with Crippen LogP contribution in [0.4, 0.5) is 5.69 Å². The van der Waals surface area contributed by atoms with E-state index in [1.807, 2.05) is 45.2 Å². The van der Waals surface area contributed by atoms with E-state index in [2.05, 4.69) is 5.32 Å². The zero-order valence-corrected chi connectivity index (χ0v) is 13.2. The molecule has 0 aliphatic rings. The van der Waals surface area contributed by atoms with Crippen LogP contribution in [0.15, 0.2) is 41.3 Å². The Bertz CT molecular complexity index is 671. The van der Waals surface area contributed by atoms with E-state index >= 15 is 0 Å². The van der Waals surface area contributed by atoms with Gasteiger partial charge in [0.25, 0.3) is 0 Å². The van der Waals surface area contributed by atoms with E-state index in [1.165, 1.54) is 0 Å². The molecule has 1 unspecified atom stereocenters. The summed E-state index contributed by atoms with van der Waals surface area (Å²) in [5.74, 6) is 0.685. The highest BCUT2D eigenvalue weighted by molar-refractivity contribution is 7.79. The van der Waals surface area contributed by atoms with Gasteiger partial charge < -0.3 is 14.6 Å². The van der Waals surface area contributed by atoms with Crippen LogP contribution in [0, 0.1) is 6.92 Å². The molecule has 1 atom stereocenters. The SMILES string of the molecule is CCOc1ccc(S(=O)O)c(-c2cccc(C)c2NC)c1. The molecule has 0 saturated carbocycles. The number of nitrogens with one attached hydrogen (secondary N) is 1. The highest BCUT2D eigenvalue weighted by Crippen LogP contribution is 2.36. The van der Waals surface area contributed by atoms with Crippen LogP contribution in [-0.4, -0.2) is 22.4 Å². The minimum Gasteiger partial charge on any atom is -0.494 e. The quantitative estimate of drug-likeness (QED) is 0.827. The monoisotopic (exact) mass is 305 g/mol. The van der Waals surface area contributed by atoms with E-state index in [4.69, 9.17) is 4.74 Å². The lowest BCUT2D eigenvalue weighted by molar-refractivity contribution is 0.340. The van der Waals surface area contributed by atoms with Crippen LogP contribution in [0.25, 0.3) is 11.1 Å². The van der Waals surface area contributed by atoms with Crippen LogP contribution in [0.5, 0.6) is 5.75 Å². The highest BCUT2D eigenvalue weighted by atomic mass is 32.2. The van der Waals surface area contributed by atoms with E-state index < -0.39 is 11.1 Å². The largest absolute Gasteiger partial charge is 0.494 e. The molecule has 0 aliphatic carbocycles. The Morgan fingerprint density at radius 3 is 2.62 bits per heavy atom. The molecule has 0 radical (unpaired) electrons. The fourth-order valence-corrected chi connectivity index (χ4v) is 2.89. The van der Waals surface area contributed by atoms with Gasteiger partial charge in [0.05, 0.1) is 11.5 Å². The fraction of sp³-hybridized carbons (Fsp3) is 0.250. The number of aryl methyl sites for hydroxylation is 1. The van der Waals surface area contributed by atoms with Gasteiger partial charge in [-0.3, -0.25) is 0 Å². The van der Waals surface area contributed by atoms with Crippen molar-refractivity contribution in [2.75, 3.05) is 19.0 Å². The average Bonchev–Trinajstić information content (AvgIpc) is 2.47. The zero-order valence-electron chi connectivity index (χ0n) is 12.3. The van der Waals surface area contributed by atoms with Crippen LogP contribution in [0.3, 0.4) is 0 Å². The summed E-state index contributed by atoms with van der Waals surface area (Å²) in [6.45, 7) is 4.45. The Hall–Kier alpha value is -1.85. The van der Waals surface area contributed by atoms with Gasteiger partial charge >= 0.3 is 0 Å². The van der Waals surface area contributed by atoms with Crippen molar-refractivity contribution < 1.29 is 13.5 Å². The van der Waals surface area contributed by atoms with Crippen molar-refractivity contribution in [3.63, 3.8) is 0 Å². The van der Waals surface area contributed by atoms with Gasteiger partial charge in [-0.15, -0.1) is 0 Å². The summed E-state index contributed by atoms with van der Waals surface area (Å²) >= 11 is -2.05. The molecule has 0 amide bonds. The third-order valence-electron chi connectivity index (χ3n) is 3.26. The Labute approximate surface area is 127 Å². The van der Waals surface area contributed by atoms with E-state index in [0.717, 1.165) is 16.8 Å². The molecule has 2 aromatic carbocycles. The zero-order chi connectivity index (χ0) is 15.4. The molecular weight excluding hydrogens is 286 g/mol. The number of hydrogen-bond acceptors (Lipinski definition) is 3. The molecule has 21 heavy (non-hydrogen) atoms. The van der Waals surface area contributed by atoms with Crippen molar-refractivity contribution in [2.45, 2.75) is 18.7 Å². The Morgan fingerprint density at radius 2 is 2.00 bits per heavy atom. The summed E-state index contributed by atoms with van der Waals surface area (Å²) in [7, 11) is 1.84. The molecule has 0 aromatic heterocycles. The Kier molecular flexibility index (Phi) is 4.98. The molecule has 0 heterocycles. The summed E-state index contributed by atoms with van der Waals surface area (Å²) in [6.07, 6.45) is 0. The molecule has 2 N–H and O–H groups in total. The smallest absolute Gasteiger partial charge is 0.187 e. The van der Waals surface area contributed by atoms with Gasteiger partial charge in [-0.2, -0.15) is 0 Å². The van der Waals surface area contributed by atoms with Crippen molar-refractivity contribution in [1.82, 2.24) is 0 Å². The van der Waals surface area contributed by atoms with Crippen LogP contribution in [0.1, 0.15) is 12.5 Å². The highest BCUT2D eigenvalue weighted by Gasteiger charge is 2.15. The summed E-state index contributed by atoms with van der Waals surface area (Å²) < 4.78 is 26.6. The van der Waals surface area contributed by atoms with Gasteiger partial charge in [0.2, 0.25) is 0 Å². The van der Waals surface area contributed by atoms with Crippen LogP contribution < -0.4 is 10.1 Å². The molecule has 0 bridgehead atoms. The van der Waals surface area contributed by atoms with Crippen LogP contribution >= 0.6 is 0 Å². The van der Waals surface area contributed by atoms with Gasteiger partial charge in [0.1, 0.15) is 5.75 Å². The molecule has 0 saturated heterocycles. The first-order chi connectivity index (χ1) is 10.1. The standard InChI is InChI=1S/C16H19NO3S/c1-4-20-12-8-9-15(21(18)19)14(10-12)13-7-5-6-11(2)16(13)17-3/h5-10,17H,4H2,1-3H3,(H,18,19). The van der Waals surface area contributed by atoms with Crippen molar-refractivity contribution >= 4 is 16.8 Å². The second-order valence-corrected chi connectivity index (χ2v) is 5.53. The molecule has 0 spiro atoms. The first-order valence-corrected chi connectivity index (χ1v) is 7.84. The normalized spacial score (nSPS) is 12.0. The number of hydrogen-bond donors (Lipinski definition) is 2. The predicted molar refractivity (Wildman–Crippen MR) is 86.4 cm³/mol. The average molecular weight is 305 g/mol. The van der Waals surface area contributed by atoms with Crippen molar-refractivity contribution in [3.8, 4) is 16.9 Å². The molecule has 5 heteroatoms. The topological polar surface area (TPSA) is 58.6 Å². The molecule has 0 fully saturated rings. The van der Waals surface area contributed by atoms with E-state index in [-0.39, 0.29) is 0 Å². The summed E-state index contributed by atoms with van der Waals surface area (Å²) in [4.78, 5) is 0.376. The summed E-state index contributed by atoms with van der Waals surface area (Å²) in [5, 5.41) is 3.16. The minimum absolute atomic E-state index is 0.376. The molecule has 4 nitrogen and oxygen atoms in total. The lowest BCUT2D eigenvalue weighted by Crippen LogP contribution is -2.00. The third kappa shape index (κ3) is 3.25. The first kappa shape index (κ1) is 15.5. The number of ether oxygens (including phenoxy) is 1. The second-order valence-electron chi connectivity index (χ2n) is 4.59. The van der Waals surface area contributed by atoms with Gasteiger partial charge in [-0.05, 0) is 37.6 Å². The van der Waals surface area contributed by atoms with Crippen LogP contribution in [-0.2, 0) is 11.1 Å². The van der Waals surface area contributed by atoms with Gasteiger partial charge in [0.15, 0.2) is 11.1 Å². The molecule has 2 rings (SSSR count). The maximum atomic E-state index is 11.6. The predicted octanol–water partition coefficient (Wildman–Crippen LogP) is 3.68. The van der Waals surface area contributed by atoms with Gasteiger partial charge in [-0.25, -0.2) is 4.21 Å². The van der Waals surface area contributed by atoms with Crippen molar-refractivity contribution in [2.24, 2.45) is 0 Å². The molecule has 0 aliphatic heterocycles. The number of anilines is 1. The summed E-state index contributed by atoms with van der Waals surface area (Å²) in [5.41, 5.74) is 3.61. The van der Waals surface area contributed by atoms with Gasteiger partial charge in [0, 0.05) is 23.9 Å². The lowest BCUT2D eigenvalue weighted by atomic mass is 10.00. The van der Waals surface area contributed by atoms with E-state index in [0.29, 0.717) is 22.8 Å². The Morgan fingerprint density at radius 1 is 1.24 bits per heavy atom. The number of para-hydroxylation sites is 1. The number of rotatable bonds is 5. The summed E-state index contributed by atoms with van der Waals surface area (Å²) in [6, 6.07) is 11.0. The molecule has 112 valence electrons. The van der Waals surface area contributed by atoms with E-state index in [9.17, 15) is 8.76 Å². The van der Waals surface area contributed by atoms with Gasteiger partial charge in [-0.1, -0.05) is 18.2 Å². The Balaban J connectivity index is 2.68. The number of benzene rings is 2. The first-order valence-electron chi connectivity index (χ1n) is 6.74. The molecular formula is C16H19NO3S. The molecule has 2 aromatic rings. The van der Waals surface area contributed by atoms with Crippen molar-refractivity contribution in [3.05, 3.63) is 42.0 Å². The third-order valence-corrected chi connectivity index (χ3v) is 4.00. The van der Waals surface area contributed by atoms with E-state index in [1.54, 1.807) is 12.1 Å². The van der Waals surface area contributed by atoms with Crippen LogP contribution in [0.2, 0.25) is 0 Å². The van der Waals surface area contributed by atoms with Crippen molar-refractivity contribution in [1.29, 1.82) is 0 Å². The maximum Gasteiger partial charge on any atom is 0.187 e. The second kappa shape index (κ2) is 6.74. The fourth-order valence-electron chi connectivity index (χ4n) is 2.35.